The summed E-state index contributed by atoms with van der Waals surface area (Å²) >= 11 is 0. The molecule has 0 amide bonds. The molecule has 1 N–H and O–H groups in total. The molecule has 0 spiro atoms. The summed E-state index contributed by atoms with van der Waals surface area (Å²) in [6.07, 6.45) is 4.91. The minimum absolute atomic E-state index is 0.0789. The summed E-state index contributed by atoms with van der Waals surface area (Å²) in [5.41, 5.74) is 2.37. The zero-order chi connectivity index (χ0) is 15.5. The summed E-state index contributed by atoms with van der Waals surface area (Å²) in [7, 11) is 3.14. The van der Waals surface area contributed by atoms with Crippen LogP contribution in [-0.4, -0.2) is 49.2 Å². The number of ether oxygens (including phenoxy) is 2. The largest absolute Gasteiger partial charge is 0.497 e. The molecule has 1 aromatic heterocycles. The molecule has 1 unspecified atom stereocenters. The van der Waals surface area contributed by atoms with Crippen LogP contribution in [-0.2, 0) is 16.0 Å². The van der Waals surface area contributed by atoms with Crippen molar-refractivity contribution in [3.63, 3.8) is 0 Å². The lowest BCUT2D eigenvalue weighted by molar-refractivity contribution is -0.145. The SMILES string of the molecule is COC(=O)C1CCCN1CCc1c[nH]c2ccc(OC)cc12. The number of nitrogens with zero attached hydrogens (tertiary/aromatic N) is 1. The minimum Gasteiger partial charge on any atom is -0.497 e. The number of fused-ring (bicyclic) bond motifs is 1. The molecule has 0 bridgehead atoms. The molecule has 118 valence electrons. The summed E-state index contributed by atoms with van der Waals surface area (Å²) in [6, 6.07) is 5.97. The van der Waals surface area contributed by atoms with E-state index in [1.165, 1.54) is 18.1 Å². The van der Waals surface area contributed by atoms with Crippen LogP contribution in [0.4, 0.5) is 0 Å². The second-order valence-electron chi connectivity index (χ2n) is 5.69. The van der Waals surface area contributed by atoms with E-state index >= 15 is 0 Å². The Kier molecular flexibility index (Phi) is 4.34. The van der Waals surface area contributed by atoms with Crippen molar-refractivity contribution in [2.75, 3.05) is 27.3 Å². The van der Waals surface area contributed by atoms with Gasteiger partial charge in [0.2, 0.25) is 0 Å². The molecule has 1 atom stereocenters. The number of methoxy groups -OCH3 is 2. The second kappa shape index (κ2) is 6.40. The third-order valence-electron chi connectivity index (χ3n) is 4.48. The van der Waals surface area contributed by atoms with Gasteiger partial charge in [0.25, 0.3) is 0 Å². The van der Waals surface area contributed by atoms with Crippen LogP contribution in [0.15, 0.2) is 24.4 Å². The highest BCUT2D eigenvalue weighted by Gasteiger charge is 2.31. The highest BCUT2D eigenvalue weighted by molar-refractivity contribution is 5.84. The van der Waals surface area contributed by atoms with Gasteiger partial charge in [-0.3, -0.25) is 9.69 Å². The van der Waals surface area contributed by atoms with Crippen molar-refractivity contribution in [2.24, 2.45) is 0 Å². The van der Waals surface area contributed by atoms with E-state index in [9.17, 15) is 4.79 Å². The van der Waals surface area contributed by atoms with E-state index in [4.69, 9.17) is 9.47 Å². The fraction of sp³-hybridized carbons (Fsp3) is 0.471. The monoisotopic (exact) mass is 302 g/mol. The molecule has 2 heterocycles. The van der Waals surface area contributed by atoms with E-state index in [0.29, 0.717) is 0 Å². The van der Waals surface area contributed by atoms with E-state index in [1.807, 2.05) is 18.3 Å². The lowest BCUT2D eigenvalue weighted by Gasteiger charge is -2.22. The number of nitrogens with one attached hydrogen (secondary N) is 1. The summed E-state index contributed by atoms with van der Waals surface area (Å²) in [5.74, 6) is 0.750. The smallest absolute Gasteiger partial charge is 0.323 e. The number of H-pyrrole nitrogens is 1. The highest BCUT2D eigenvalue weighted by Crippen LogP contribution is 2.25. The molecule has 3 rings (SSSR count). The number of carbonyl (C=O) groups is 1. The molecule has 2 aromatic rings. The molecule has 1 aliphatic heterocycles. The lowest BCUT2D eigenvalue weighted by atomic mass is 10.1. The fourth-order valence-corrected chi connectivity index (χ4v) is 3.25. The molecule has 22 heavy (non-hydrogen) atoms. The van der Waals surface area contributed by atoms with Crippen molar-refractivity contribution in [3.8, 4) is 5.75 Å². The number of hydrogen-bond donors (Lipinski definition) is 1. The Morgan fingerprint density at radius 1 is 1.41 bits per heavy atom. The number of carbonyl (C=O) groups excluding carboxylic acids is 1. The average molecular weight is 302 g/mol. The zero-order valence-corrected chi connectivity index (χ0v) is 13.1. The molecule has 0 aliphatic carbocycles. The quantitative estimate of drug-likeness (QED) is 0.862. The van der Waals surface area contributed by atoms with Gasteiger partial charge in [0.05, 0.1) is 14.2 Å². The molecule has 0 radical (unpaired) electrons. The number of benzene rings is 1. The Morgan fingerprint density at radius 3 is 3.05 bits per heavy atom. The van der Waals surface area contributed by atoms with Gasteiger partial charge in [-0.25, -0.2) is 0 Å². The Labute approximate surface area is 130 Å². The van der Waals surface area contributed by atoms with Crippen LogP contribution >= 0.6 is 0 Å². The van der Waals surface area contributed by atoms with Gasteiger partial charge in [-0.15, -0.1) is 0 Å². The van der Waals surface area contributed by atoms with Gasteiger partial charge < -0.3 is 14.5 Å². The summed E-state index contributed by atoms with van der Waals surface area (Å²) in [5, 5.41) is 1.19. The molecular formula is C17H22N2O3. The van der Waals surface area contributed by atoms with E-state index < -0.39 is 0 Å². The third-order valence-corrected chi connectivity index (χ3v) is 4.48. The van der Waals surface area contributed by atoms with Gasteiger partial charge in [0.1, 0.15) is 11.8 Å². The second-order valence-corrected chi connectivity index (χ2v) is 5.69. The van der Waals surface area contributed by atoms with Gasteiger partial charge in [-0.05, 0) is 49.6 Å². The van der Waals surface area contributed by atoms with Crippen molar-refractivity contribution >= 4 is 16.9 Å². The minimum atomic E-state index is -0.113. The maximum Gasteiger partial charge on any atom is 0.323 e. The van der Waals surface area contributed by atoms with Crippen LogP contribution in [0.3, 0.4) is 0 Å². The zero-order valence-electron chi connectivity index (χ0n) is 13.1. The Balaban J connectivity index is 1.72. The number of rotatable bonds is 5. The predicted molar refractivity (Wildman–Crippen MR) is 85.2 cm³/mol. The maximum atomic E-state index is 11.8. The van der Waals surface area contributed by atoms with E-state index in [-0.39, 0.29) is 12.0 Å². The summed E-state index contributed by atoms with van der Waals surface area (Å²) in [6.45, 7) is 1.83. The van der Waals surface area contributed by atoms with Gasteiger partial charge in [0, 0.05) is 23.6 Å². The Morgan fingerprint density at radius 2 is 2.27 bits per heavy atom. The van der Waals surface area contributed by atoms with Crippen LogP contribution in [0, 0.1) is 0 Å². The average Bonchev–Trinajstić information content (AvgIpc) is 3.18. The first kappa shape index (κ1) is 14.9. The molecule has 1 fully saturated rings. The normalized spacial score (nSPS) is 18.7. The first-order chi connectivity index (χ1) is 10.7. The molecule has 5 nitrogen and oxygen atoms in total. The van der Waals surface area contributed by atoms with Crippen LogP contribution < -0.4 is 4.74 Å². The van der Waals surface area contributed by atoms with Gasteiger partial charge in [0.15, 0.2) is 0 Å². The van der Waals surface area contributed by atoms with Crippen molar-refractivity contribution in [3.05, 3.63) is 30.0 Å². The molecule has 1 aromatic carbocycles. The van der Waals surface area contributed by atoms with Crippen LogP contribution in [0.25, 0.3) is 10.9 Å². The number of likely N-dealkylation sites (tertiary alicyclic amines) is 1. The number of aromatic nitrogens is 1. The van der Waals surface area contributed by atoms with Crippen molar-refractivity contribution < 1.29 is 14.3 Å². The van der Waals surface area contributed by atoms with Crippen LogP contribution in [0.1, 0.15) is 18.4 Å². The fourth-order valence-electron chi connectivity index (χ4n) is 3.25. The van der Waals surface area contributed by atoms with Crippen LogP contribution in [0.5, 0.6) is 5.75 Å². The van der Waals surface area contributed by atoms with Crippen molar-refractivity contribution in [1.29, 1.82) is 0 Å². The summed E-state index contributed by atoms with van der Waals surface area (Å²) < 4.78 is 10.2. The van der Waals surface area contributed by atoms with Crippen molar-refractivity contribution in [1.82, 2.24) is 9.88 Å². The standard InChI is InChI=1S/C17H22N2O3/c1-21-13-5-6-15-14(10-13)12(11-18-15)7-9-19-8-3-4-16(19)17(20)22-2/h5-6,10-11,16,18H,3-4,7-9H2,1-2H3. The van der Waals surface area contributed by atoms with Gasteiger partial charge in [-0.1, -0.05) is 0 Å². The topological polar surface area (TPSA) is 54.6 Å². The van der Waals surface area contributed by atoms with Gasteiger partial charge >= 0.3 is 5.97 Å². The first-order valence-electron chi connectivity index (χ1n) is 7.69. The highest BCUT2D eigenvalue weighted by atomic mass is 16.5. The van der Waals surface area contributed by atoms with E-state index in [1.54, 1.807) is 7.11 Å². The molecule has 1 saturated heterocycles. The lowest BCUT2D eigenvalue weighted by Crippen LogP contribution is -2.38. The van der Waals surface area contributed by atoms with E-state index in [2.05, 4.69) is 16.0 Å². The summed E-state index contributed by atoms with van der Waals surface area (Å²) in [4.78, 5) is 17.3. The number of hydrogen-bond acceptors (Lipinski definition) is 4. The van der Waals surface area contributed by atoms with Crippen molar-refractivity contribution in [2.45, 2.75) is 25.3 Å². The predicted octanol–water partition coefficient (Wildman–Crippen LogP) is 2.36. The van der Waals surface area contributed by atoms with Gasteiger partial charge in [-0.2, -0.15) is 0 Å². The Hall–Kier alpha value is -2.01. The maximum absolute atomic E-state index is 11.8. The molecule has 0 saturated carbocycles. The van der Waals surface area contributed by atoms with E-state index in [0.717, 1.165) is 43.6 Å². The number of esters is 1. The van der Waals surface area contributed by atoms with Crippen LogP contribution in [0.2, 0.25) is 0 Å². The molecular weight excluding hydrogens is 280 g/mol. The molecule has 5 heteroatoms. The molecule has 1 aliphatic rings. The Bertz CT molecular complexity index is 665. The first-order valence-corrected chi connectivity index (χ1v) is 7.69. The third kappa shape index (κ3) is 2.81. The number of aromatic amines is 1.